The van der Waals surface area contributed by atoms with Crippen LogP contribution < -0.4 is 9.47 Å². The van der Waals surface area contributed by atoms with Gasteiger partial charge in [-0.25, -0.2) is 0 Å². The summed E-state index contributed by atoms with van der Waals surface area (Å²) in [6, 6.07) is 5.10. The summed E-state index contributed by atoms with van der Waals surface area (Å²) in [7, 11) is 2.90. The standard InChI is InChI=1S/C27H26O6/c1-11-7-14-16(28)10-15-22-20(26(31)27(15,3)4)12(2)19(23(21(14)22)24(11)29)13-8-17(32-5)25(30)18(9-13)33-6/h7-10,12,19,29-30H,1-6H3/t12-,19+/m1/s1. The molecular formula is C27H26O6. The maximum Gasteiger partial charge on any atom is 0.200 e. The summed E-state index contributed by atoms with van der Waals surface area (Å²) in [5, 5.41) is 21.7. The number of hydrogen-bond donors (Lipinski definition) is 2. The second-order valence-corrected chi connectivity index (χ2v) is 9.58. The normalized spacial score (nSPS) is 22.3. The van der Waals surface area contributed by atoms with Crippen LogP contribution in [-0.4, -0.2) is 36.0 Å². The third-order valence-electron chi connectivity index (χ3n) is 7.47. The first-order chi connectivity index (χ1) is 15.5. The Hall–Kier alpha value is -3.54. The van der Waals surface area contributed by atoms with Gasteiger partial charge >= 0.3 is 0 Å². The lowest BCUT2D eigenvalue weighted by Gasteiger charge is -2.36. The van der Waals surface area contributed by atoms with Crippen LogP contribution in [0.1, 0.15) is 59.3 Å². The number of benzene rings is 2. The fraction of sp³-hybridized carbons (Fsp3) is 0.333. The highest BCUT2D eigenvalue weighted by Crippen LogP contribution is 2.61. The van der Waals surface area contributed by atoms with Gasteiger partial charge in [-0.2, -0.15) is 0 Å². The number of ether oxygens (including phenoxy) is 2. The number of rotatable bonds is 3. The van der Waals surface area contributed by atoms with Gasteiger partial charge in [0.2, 0.25) is 5.75 Å². The van der Waals surface area contributed by atoms with E-state index >= 15 is 0 Å². The fourth-order valence-corrected chi connectivity index (χ4v) is 5.76. The minimum atomic E-state index is -0.830. The number of aryl methyl sites for hydroxylation is 1. The molecule has 0 amide bonds. The summed E-state index contributed by atoms with van der Waals surface area (Å²) in [5.74, 6) is -0.479. The topological polar surface area (TPSA) is 93.1 Å². The first kappa shape index (κ1) is 21.3. The number of allylic oxidation sites excluding steroid dienone is 4. The van der Waals surface area contributed by atoms with E-state index in [9.17, 15) is 19.8 Å². The van der Waals surface area contributed by atoms with Gasteiger partial charge in [0, 0.05) is 28.2 Å². The Balaban J connectivity index is 1.90. The number of methoxy groups -OCH3 is 2. The number of phenolic OH excluding ortho intramolecular Hbond substituents is 2. The van der Waals surface area contributed by atoms with Crippen LogP contribution in [0.15, 0.2) is 35.4 Å². The van der Waals surface area contributed by atoms with Gasteiger partial charge in [0.05, 0.1) is 19.6 Å². The van der Waals surface area contributed by atoms with Crippen molar-refractivity contribution in [3.63, 3.8) is 0 Å². The first-order valence-electron chi connectivity index (χ1n) is 10.9. The maximum atomic E-state index is 13.6. The summed E-state index contributed by atoms with van der Waals surface area (Å²) in [4.78, 5) is 26.8. The van der Waals surface area contributed by atoms with Crippen LogP contribution in [0, 0.1) is 18.3 Å². The third kappa shape index (κ3) is 2.55. The highest BCUT2D eigenvalue weighted by atomic mass is 16.5. The van der Waals surface area contributed by atoms with Gasteiger partial charge in [-0.15, -0.1) is 0 Å². The van der Waals surface area contributed by atoms with Crippen LogP contribution in [0.5, 0.6) is 23.0 Å². The summed E-state index contributed by atoms with van der Waals surface area (Å²) in [6.07, 6.45) is 1.59. The molecule has 5 rings (SSSR count). The van der Waals surface area contributed by atoms with Crippen LogP contribution in [0.2, 0.25) is 0 Å². The molecule has 0 saturated carbocycles. The van der Waals surface area contributed by atoms with Crippen molar-refractivity contribution in [3.8, 4) is 23.0 Å². The Morgan fingerprint density at radius 2 is 1.58 bits per heavy atom. The molecule has 33 heavy (non-hydrogen) atoms. The van der Waals surface area contributed by atoms with Crippen molar-refractivity contribution in [1.29, 1.82) is 0 Å². The third-order valence-corrected chi connectivity index (χ3v) is 7.47. The van der Waals surface area contributed by atoms with Crippen LogP contribution in [0.4, 0.5) is 0 Å². The van der Waals surface area contributed by atoms with Gasteiger partial charge in [-0.1, -0.05) is 6.92 Å². The number of Topliss-reactive ketones (excluding diaryl/α,β-unsaturated/α-hetero) is 1. The van der Waals surface area contributed by atoms with Crippen LogP contribution in [0.3, 0.4) is 0 Å². The van der Waals surface area contributed by atoms with Gasteiger partial charge < -0.3 is 19.7 Å². The summed E-state index contributed by atoms with van der Waals surface area (Å²) >= 11 is 0. The molecule has 0 radical (unpaired) electrons. The van der Waals surface area contributed by atoms with Crippen LogP contribution in [-0.2, 0) is 4.79 Å². The predicted octanol–water partition coefficient (Wildman–Crippen LogP) is 4.69. The molecule has 6 heteroatoms. The van der Waals surface area contributed by atoms with Crippen LogP contribution >= 0.6 is 0 Å². The van der Waals surface area contributed by atoms with E-state index in [0.717, 1.165) is 11.1 Å². The van der Waals surface area contributed by atoms with Gasteiger partial charge in [0.1, 0.15) is 5.75 Å². The van der Waals surface area contributed by atoms with Gasteiger partial charge in [-0.3, -0.25) is 9.59 Å². The Bertz CT molecular complexity index is 1320. The molecular weight excluding hydrogens is 420 g/mol. The number of carbonyl (C=O) groups is 2. The van der Waals surface area contributed by atoms with Gasteiger partial charge in [-0.05, 0) is 73.2 Å². The molecule has 3 aliphatic rings. The van der Waals surface area contributed by atoms with Crippen molar-refractivity contribution in [2.24, 2.45) is 11.3 Å². The molecule has 170 valence electrons. The minimum absolute atomic E-state index is 0.00896. The smallest absolute Gasteiger partial charge is 0.200 e. The van der Waals surface area contributed by atoms with Crippen molar-refractivity contribution >= 4 is 17.1 Å². The molecule has 2 aromatic rings. The van der Waals surface area contributed by atoms with Crippen LogP contribution in [0.25, 0.3) is 5.57 Å². The molecule has 0 fully saturated rings. The molecule has 3 aliphatic carbocycles. The lowest BCUT2D eigenvalue weighted by atomic mass is 9.66. The van der Waals surface area contributed by atoms with E-state index in [2.05, 4.69) is 0 Å². The quantitative estimate of drug-likeness (QED) is 0.711. The molecule has 2 aromatic carbocycles. The minimum Gasteiger partial charge on any atom is -0.507 e. The van der Waals surface area contributed by atoms with E-state index in [0.29, 0.717) is 33.4 Å². The average molecular weight is 446 g/mol. The maximum absolute atomic E-state index is 13.6. The number of hydrogen-bond acceptors (Lipinski definition) is 6. The molecule has 2 atom stereocenters. The van der Waals surface area contributed by atoms with Crippen molar-refractivity contribution in [2.45, 2.75) is 33.6 Å². The number of ketones is 2. The number of carbonyl (C=O) groups excluding carboxylic acids is 2. The Morgan fingerprint density at radius 1 is 0.970 bits per heavy atom. The second-order valence-electron chi connectivity index (χ2n) is 9.58. The fourth-order valence-electron chi connectivity index (χ4n) is 5.76. The zero-order valence-electron chi connectivity index (χ0n) is 19.5. The molecule has 6 nitrogen and oxygen atoms in total. The summed E-state index contributed by atoms with van der Waals surface area (Å²) in [6.45, 7) is 7.43. The van der Waals surface area contributed by atoms with E-state index in [1.807, 2.05) is 20.8 Å². The monoisotopic (exact) mass is 446 g/mol. The van der Waals surface area contributed by atoms with Crippen molar-refractivity contribution in [2.75, 3.05) is 14.2 Å². The summed E-state index contributed by atoms with van der Waals surface area (Å²) < 4.78 is 10.7. The Kier molecular flexibility index (Phi) is 4.35. The zero-order chi connectivity index (χ0) is 24.0. The van der Waals surface area contributed by atoms with E-state index < -0.39 is 11.3 Å². The average Bonchev–Trinajstić information content (AvgIpc) is 2.97. The van der Waals surface area contributed by atoms with E-state index in [4.69, 9.17) is 9.47 Å². The number of phenols is 2. The number of aromatic hydroxyl groups is 2. The first-order valence-corrected chi connectivity index (χ1v) is 10.9. The predicted molar refractivity (Wildman–Crippen MR) is 123 cm³/mol. The Labute approximate surface area is 192 Å². The van der Waals surface area contributed by atoms with Gasteiger partial charge in [0.25, 0.3) is 0 Å². The highest BCUT2D eigenvalue weighted by Gasteiger charge is 2.53. The highest BCUT2D eigenvalue weighted by molar-refractivity contribution is 6.26. The molecule has 0 heterocycles. The lowest BCUT2D eigenvalue weighted by molar-refractivity contribution is -0.121. The molecule has 0 spiro atoms. The molecule has 0 saturated heterocycles. The zero-order valence-corrected chi connectivity index (χ0v) is 19.5. The van der Waals surface area contributed by atoms with E-state index in [1.165, 1.54) is 14.2 Å². The summed E-state index contributed by atoms with van der Waals surface area (Å²) in [5.41, 5.74) is 4.41. The Morgan fingerprint density at radius 3 is 2.15 bits per heavy atom. The van der Waals surface area contributed by atoms with E-state index in [-0.39, 0.29) is 40.5 Å². The SMILES string of the molecule is COc1cc([C@H]2c3c(O)c(C)cc4c3C3=C(C(=O)C(C)(C)C3=CC4=O)[C@@H]2C)cc(OC)c1O. The molecule has 2 N–H and O–H groups in total. The lowest BCUT2D eigenvalue weighted by Crippen LogP contribution is -2.26. The second kappa shape index (κ2) is 6.73. The molecule has 0 aliphatic heterocycles. The van der Waals surface area contributed by atoms with Crippen molar-refractivity contribution in [3.05, 3.63) is 63.2 Å². The molecule has 0 bridgehead atoms. The van der Waals surface area contributed by atoms with E-state index in [1.54, 1.807) is 31.2 Å². The van der Waals surface area contributed by atoms with Crippen molar-refractivity contribution < 1.29 is 29.3 Å². The van der Waals surface area contributed by atoms with Crippen molar-refractivity contribution in [1.82, 2.24) is 0 Å². The molecule has 0 aromatic heterocycles. The molecule has 0 unspecified atom stereocenters. The van der Waals surface area contributed by atoms with Gasteiger partial charge in [0.15, 0.2) is 23.1 Å². The largest absolute Gasteiger partial charge is 0.507 e.